The van der Waals surface area contributed by atoms with Crippen LogP contribution in [0.15, 0.2) is 30.3 Å². The summed E-state index contributed by atoms with van der Waals surface area (Å²) < 4.78 is 28.8. The van der Waals surface area contributed by atoms with E-state index in [2.05, 4.69) is 6.92 Å². The normalized spacial score (nSPS) is 11.3. The minimum Gasteiger partial charge on any atom is -0.328 e. The maximum absolute atomic E-state index is 11.8. The Kier molecular flexibility index (Phi) is 16.6. The Morgan fingerprint density at radius 1 is 0.852 bits per heavy atom. The Morgan fingerprint density at radius 3 is 1.78 bits per heavy atom. The second-order valence-electron chi connectivity index (χ2n) is 7.44. The molecule has 0 radical (unpaired) electrons. The molecule has 0 aromatic heterocycles. The van der Waals surface area contributed by atoms with Gasteiger partial charge in [0.05, 0.1) is 6.61 Å². The lowest BCUT2D eigenvalue weighted by molar-refractivity contribution is 0.305. The molecule has 5 heteroatoms. The summed E-state index contributed by atoms with van der Waals surface area (Å²) in [6.45, 7) is 6.44. The molecule has 0 fully saturated rings. The molecule has 0 bridgehead atoms. The second kappa shape index (κ2) is 17.2. The first kappa shape index (κ1) is 26.1. The highest BCUT2D eigenvalue weighted by atomic mass is 32.2. The maximum atomic E-state index is 11.8. The van der Waals surface area contributed by atoms with Crippen molar-refractivity contribution in [3.05, 3.63) is 35.9 Å². The number of benzene rings is 1. The minimum atomic E-state index is -3.44. The van der Waals surface area contributed by atoms with Crippen LogP contribution in [0.25, 0.3) is 0 Å². The zero-order valence-corrected chi connectivity index (χ0v) is 18.5. The predicted octanol–water partition coefficient (Wildman–Crippen LogP) is 5.81. The Labute approximate surface area is 168 Å². The van der Waals surface area contributed by atoms with Crippen LogP contribution in [-0.2, 0) is 20.1 Å². The highest BCUT2D eigenvalue weighted by molar-refractivity contribution is 7.85. The molecule has 0 amide bonds. The standard InChI is InChI=1S/C19H32O3S.C3H9N/c1-2-3-4-5-6-7-8-9-10-14-17-22-23(20,21)18-19-15-12-11-13-16-19;1-3(2)4/h11-13,15-16H,2-10,14,17-18H2,1H3;3H,4H2,1-2H3. The lowest BCUT2D eigenvalue weighted by Crippen LogP contribution is -2.09. The van der Waals surface area contributed by atoms with E-state index >= 15 is 0 Å². The fraction of sp³-hybridized carbons (Fsp3) is 0.727. The van der Waals surface area contributed by atoms with Crippen LogP contribution in [0.5, 0.6) is 0 Å². The molecule has 0 heterocycles. The molecule has 0 aliphatic rings. The smallest absolute Gasteiger partial charge is 0.271 e. The molecule has 0 aliphatic heterocycles. The van der Waals surface area contributed by atoms with Crippen molar-refractivity contribution in [2.24, 2.45) is 5.73 Å². The van der Waals surface area contributed by atoms with Gasteiger partial charge in [-0.1, -0.05) is 109 Å². The fourth-order valence-electron chi connectivity index (χ4n) is 2.60. The molecule has 1 aromatic rings. The van der Waals surface area contributed by atoms with Gasteiger partial charge in [-0.15, -0.1) is 0 Å². The highest BCUT2D eigenvalue weighted by Gasteiger charge is 2.11. The number of hydrogen-bond donors (Lipinski definition) is 1. The van der Waals surface area contributed by atoms with Crippen molar-refractivity contribution in [3.8, 4) is 0 Å². The second-order valence-corrected chi connectivity index (χ2v) is 9.08. The molecule has 0 unspecified atom stereocenters. The topological polar surface area (TPSA) is 69.4 Å². The van der Waals surface area contributed by atoms with Crippen molar-refractivity contribution in [2.45, 2.75) is 96.8 Å². The monoisotopic (exact) mass is 399 g/mol. The summed E-state index contributed by atoms with van der Waals surface area (Å²) in [6.07, 6.45) is 12.3. The summed E-state index contributed by atoms with van der Waals surface area (Å²) in [5, 5.41) is 0. The van der Waals surface area contributed by atoms with Gasteiger partial charge in [0, 0.05) is 0 Å². The molecule has 27 heavy (non-hydrogen) atoms. The summed E-state index contributed by atoms with van der Waals surface area (Å²) in [7, 11) is -3.44. The first-order chi connectivity index (χ1) is 12.9. The molecular weight excluding hydrogens is 358 g/mol. The van der Waals surface area contributed by atoms with Gasteiger partial charge in [0.2, 0.25) is 0 Å². The molecule has 0 saturated heterocycles. The van der Waals surface area contributed by atoms with Gasteiger partial charge in [0.25, 0.3) is 10.1 Å². The van der Waals surface area contributed by atoms with Crippen LogP contribution in [0.2, 0.25) is 0 Å². The van der Waals surface area contributed by atoms with Crippen molar-refractivity contribution in [1.82, 2.24) is 0 Å². The Morgan fingerprint density at radius 2 is 1.30 bits per heavy atom. The van der Waals surface area contributed by atoms with Gasteiger partial charge in [-0.05, 0) is 18.0 Å². The third kappa shape index (κ3) is 19.7. The third-order valence-corrected chi connectivity index (χ3v) is 5.16. The number of nitrogens with two attached hydrogens (primary N) is 1. The van der Waals surface area contributed by atoms with Crippen LogP contribution in [0.4, 0.5) is 0 Å². The lowest BCUT2D eigenvalue weighted by atomic mass is 10.1. The SMILES string of the molecule is CC(C)N.CCCCCCCCCCCCOS(=O)(=O)Cc1ccccc1. The molecule has 2 N–H and O–H groups in total. The van der Waals surface area contributed by atoms with Gasteiger partial charge in [-0.25, -0.2) is 0 Å². The minimum absolute atomic E-state index is 0.0361. The first-order valence-electron chi connectivity index (χ1n) is 10.5. The summed E-state index contributed by atoms with van der Waals surface area (Å²) in [4.78, 5) is 0. The van der Waals surface area contributed by atoms with Crippen LogP contribution < -0.4 is 5.73 Å². The van der Waals surface area contributed by atoms with Crippen molar-refractivity contribution >= 4 is 10.1 Å². The summed E-state index contributed by atoms with van der Waals surface area (Å²) >= 11 is 0. The number of unbranched alkanes of at least 4 members (excludes halogenated alkanes) is 9. The van der Waals surface area contributed by atoms with E-state index in [0.717, 1.165) is 18.4 Å². The largest absolute Gasteiger partial charge is 0.328 e. The number of hydrogen-bond acceptors (Lipinski definition) is 4. The molecule has 0 spiro atoms. The van der Waals surface area contributed by atoms with Gasteiger partial charge in [0.1, 0.15) is 5.75 Å². The zero-order chi connectivity index (χ0) is 20.4. The van der Waals surface area contributed by atoms with Crippen molar-refractivity contribution in [3.63, 3.8) is 0 Å². The third-order valence-electron chi connectivity index (χ3n) is 3.95. The van der Waals surface area contributed by atoms with E-state index in [1.165, 1.54) is 51.4 Å². The fourth-order valence-corrected chi connectivity index (χ4v) is 3.65. The van der Waals surface area contributed by atoms with E-state index in [9.17, 15) is 8.42 Å². The molecule has 1 rings (SSSR count). The molecule has 1 aromatic carbocycles. The van der Waals surface area contributed by atoms with Crippen LogP contribution in [0.1, 0.15) is 90.5 Å². The quantitative estimate of drug-likeness (QED) is 0.317. The Balaban J connectivity index is 0.00000153. The average Bonchev–Trinajstić information content (AvgIpc) is 2.59. The van der Waals surface area contributed by atoms with Crippen LogP contribution in [-0.4, -0.2) is 21.1 Å². The molecule has 0 saturated carbocycles. The van der Waals surface area contributed by atoms with E-state index in [0.29, 0.717) is 12.6 Å². The van der Waals surface area contributed by atoms with E-state index in [-0.39, 0.29) is 5.75 Å². The number of rotatable bonds is 14. The Bertz CT molecular complexity index is 527. The van der Waals surface area contributed by atoms with Gasteiger partial charge < -0.3 is 5.73 Å². The van der Waals surface area contributed by atoms with Gasteiger partial charge in [-0.2, -0.15) is 8.42 Å². The van der Waals surface area contributed by atoms with Gasteiger partial charge in [-0.3, -0.25) is 4.18 Å². The molecular formula is C22H41NO3S. The van der Waals surface area contributed by atoms with Crippen molar-refractivity contribution in [1.29, 1.82) is 0 Å². The van der Waals surface area contributed by atoms with E-state index in [1.54, 1.807) is 12.1 Å². The predicted molar refractivity (Wildman–Crippen MR) is 116 cm³/mol. The van der Waals surface area contributed by atoms with Crippen molar-refractivity contribution in [2.75, 3.05) is 6.61 Å². The highest BCUT2D eigenvalue weighted by Crippen LogP contribution is 2.12. The maximum Gasteiger partial charge on any atom is 0.271 e. The Hall–Kier alpha value is -0.910. The van der Waals surface area contributed by atoms with Gasteiger partial charge >= 0.3 is 0 Å². The van der Waals surface area contributed by atoms with Crippen LogP contribution in [0, 0.1) is 0 Å². The molecule has 158 valence electrons. The summed E-state index contributed by atoms with van der Waals surface area (Å²) in [5.74, 6) is -0.0361. The molecule has 0 aliphatic carbocycles. The zero-order valence-electron chi connectivity index (χ0n) is 17.7. The van der Waals surface area contributed by atoms with Crippen LogP contribution in [0.3, 0.4) is 0 Å². The van der Waals surface area contributed by atoms with Crippen molar-refractivity contribution < 1.29 is 12.6 Å². The first-order valence-corrected chi connectivity index (χ1v) is 12.1. The summed E-state index contributed by atoms with van der Waals surface area (Å²) in [5.41, 5.74) is 5.88. The summed E-state index contributed by atoms with van der Waals surface area (Å²) in [6, 6.07) is 9.50. The molecule has 0 atom stereocenters. The van der Waals surface area contributed by atoms with Crippen LogP contribution >= 0.6 is 0 Å². The van der Waals surface area contributed by atoms with E-state index in [4.69, 9.17) is 9.92 Å². The van der Waals surface area contributed by atoms with Gasteiger partial charge in [0.15, 0.2) is 0 Å². The molecule has 4 nitrogen and oxygen atoms in total. The van der Waals surface area contributed by atoms with E-state index in [1.807, 2.05) is 32.0 Å². The lowest BCUT2D eigenvalue weighted by Gasteiger charge is -2.06. The average molecular weight is 400 g/mol. The van der Waals surface area contributed by atoms with E-state index < -0.39 is 10.1 Å².